The van der Waals surface area contributed by atoms with E-state index in [1.807, 2.05) is 18.2 Å². The van der Waals surface area contributed by atoms with Crippen molar-refractivity contribution in [3.8, 4) is 17.2 Å². The summed E-state index contributed by atoms with van der Waals surface area (Å²) in [7, 11) is -3.32. The van der Waals surface area contributed by atoms with Crippen LogP contribution in [-0.2, 0) is 28.3 Å². The number of nitrogens with one attached hydrogen (secondary N) is 2. The topological polar surface area (TPSA) is 103 Å². The Morgan fingerprint density at radius 1 is 1.03 bits per heavy atom. The smallest absolute Gasteiger partial charge is 0.255 e. The number of benzene rings is 2. The Morgan fingerprint density at radius 3 is 2.28 bits per heavy atom. The van der Waals surface area contributed by atoms with E-state index < -0.39 is 10.0 Å². The number of nitriles is 1. The van der Waals surface area contributed by atoms with Crippen molar-refractivity contribution in [2.75, 3.05) is 11.0 Å². The zero-order valence-electron chi connectivity index (χ0n) is 18.7. The van der Waals surface area contributed by atoms with Crippen molar-refractivity contribution in [2.24, 2.45) is 0 Å². The molecule has 7 heteroatoms. The zero-order valence-corrected chi connectivity index (χ0v) is 19.5. The molecule has 1 heterocycles. The van der Waals surface area contributed by atoms with Crippen molar-refractivity contribution >= 4 is 15.7 Å². The van der Waals surface area contributed by atoms with Crippen LogP contribution in [0.25, 0.3) is 11.1 Å². The number of aryl methyl sites for hydroxylation is 2. The number of pyridine rings is 1. The van der Waals surface area contributed by atoms with E-state index in [1.165, 1.54) is 0 Å². The molecule has 0 aliphatic heterocycles. The predicted molar refractivity (Wildman–Crippen MR) is 128 cm³/mol. The van der Waals surface area contributed by atoms with Crippen LogP contribution in [0.5, 0.6) is 0 Å². The standard InChI is InChI=1S/C25H27N3O3S/c1-25(2,3)19-14-18(10-7-17-8-11-20(12-9-17)28-32(4,30)31)23(16-26)22(15-19)21-6-5-13-27-24(21)29/h5-6,8-9,11-15,28H,7,10H2,1-4H3,(H,27,29). The Balaban J connectivity index is 1.99. The van der Waals surface area contributed by atoms with E-state index in [-0.39, 0.29) is 11.0 Å². The second-order valence-electron chi connectivity index (χ2n) is 8.90. The molecule has 0 saturated heterocycles. The second kappa shape index (κ2) is 9.01. The summed E-state index contributed by atoms with van der Waals surface area (Å²) in [6.07, 6.45) is 3.98. The Labute approximate surface area is 189 Å². The molecule has 6 nitrogen and oxygen atoms in total. The third-order valence-electron chi connectivity index (χ3n) is 5.25. The summed E-state index contributed by atoms with van der Waals surface area (Å²) in [4.78, 5) is 15.1. The number of H-pyrrole nitrogens is 1. The first kappa shape index (κ1) is 23.3. The van der Waals surface area contributed by atoms with Gasteiger partial charge in [-0.3, -0.25) is 9.52 Å². The van der Waals surface area contributed by atoms with Crippen LogP contribution in [0.3, 0.4) is 0 Å². The van der Waals surface area contributed by atoms with Crippen LogP contribution in [0.15, 0.2) is 59.5 Å². The lowest BCUT2D eigenvalue weighted by molar-refractivity contribution is 0.589. The molecule has 0 saturated carbocycles. The Bertz CT molecular complexity index is 1330. The molecule has 3 aromatic rings. The summed E-state index contributed by atoms with van der Waals surface area (Å²) >= 11 is 0. The minimum Gasteiger partial charge on any atom is -0.329 e. The fraction of sp³-hybridized carbons (Fsp3) is 0.280. The quantitative estimate of drug-likeness (QED) is 0.583. The Hall–Kier alpha value is -3.37. The molecule has 0 bridgehead atoms. The number of hydrogen-bond donors (Lipinski definition) is 2. The maximum atomic E-state index is 12.5. The summed E-state index contributed by atoms with van der Waals surface area (Å²) in [6, 6.07) is 17.0. The lowest BCUT2D eigenvalue weighted by Gasteiger charge is -2.22. The third kappa shape index (κ3) is 5.65. The highest BCUT2D eigenvalue weighted by Gasteiger charge is 2.21. The largest absolute Gasteiger partial charge is 0.329 e. The van der Waals surface area contributed by atoms with E-state index in [1.54, 1.807) is 30.5 Å². The van der Waals surface area contributed by atoms with Crippen molar-refractivity contribution in [1.82, 2.24) is 4.98 Å². The highest BCUT2D eigenvalue weighted by molar-refractivity contribution is 7.92. The molecule has 3 rings (SSSR count). The zero-order chi connectivity index (χ0) is 23.5. The van der Waals surface area contributed by atoms with Crippen molar-refractivity contribution in [1.29, 1.82) is 5.26 Å². The van der Waals surface area contributed by atoms with Gasteiger partial charge in [0.05, 0.1) is 11.8 Å². The van der Waals surface area contributed by atoms with E-state index in [0.29, 0.717) is 35.2 Å². The molecule has 2 aromatic carbocycles. The molecular weight excluding hydrogens is 422 g/mol. The van der Waals surface area contributed by atoms with Gasteiger partial charge >= 0.3 is 0 Å². The molecule has 0 unspecified atom stereocenters. The highest BCUT2D eigenvalue weighted by atomic mass is 32.2. The van der Waals surface area contributed by atoms with Gasteiger partial charge < -0.3 is 4.98 Å². The van der Waals surface area contributed by atoms with Gasteiger partial charge in [0, 0.05) is 23.0 Å². The average molecular weight is 450 g/mol. The molecule has 1 aromatic heterocycles. The Morgan fingerprint density at radius 2 is 1.72 bits per heavy atom. The van der Waals surface area contributed by atoms with Gasteiger partial charge in [0.2, 0.25) is 10.0 Å². The summed E-state index contributed by atoms with van der Waals surface area (Å²) in [5.74, 6) is 0. The van der Waals surface area contributed by atoms with Crippen molar-refractivity contribution in [2.45, 2.75) is 39.0 Å². The van der Waals surface area contributed by atoms with Crippen molar-refractivity contribution < 1.29 is 8.42 Å². The summed E-state index contributed by atoms with van der Waals surface area (Å²) in [5, 5.41) is 9.96. The molecule has 0 fully saturated rings. The van der Waals surface area contributed by atoms with Crippen molar-refractivity contribution in [3.05, 3.63) is 87.3 Å². The minimum absolute atomic E-state index is 0.155. The fourth-order valence-electron chi connectivity index (χ4n) is 3.54. The van der Waals surface area contributed by atoms with Gasteiger partial charge in [-0.05, 0) is 65.3 Å². The van der Waals surface area contributed by atoms with E-state index >= 15 is 0 Å². The molecule has 0 aliphatic carbocycles. The van der Waals surface area contributed by atoms with E-state index in [0.717, 1.165) is 22.9 Å². The number of anilines is 1. The van der Waals surface area contributed by atoms with Crippen LogP contribution in [0.4, 0.5) is 5.69 Å². The fourth-order valence-corrected chi connectivity index (χ4v) is 4.11. The molecule has 0 aliphatic rings. The number of hydrogen-bond acceptors (Lipinski definition) is 4. The van der Waals surface area contributed by atoms with Gasteiger partial charge in [0.15, 0.2) is 0 Å². The van der Waals surface area contributed by atoms with Gasteiger partial charge in [0.1, 0.15) is 6.07 Å². The number of sulfonamides is 1. The van der Waals surface area contributed by atoms with Crippen LogP contribution in [0.1, 0.15) is 43.0 Å². The van der Waals surface area contributed by atoms with Crippen LogP contribution in [-0.4, -0.2) is 19.7 Å². The Kier molecular flexibility index (Phi) is 6.56. The lowest BCUT2D eigenvalue weighted by atomic mass is 9.81. The molecule has 166 valence electrons. The number of aromatic nitrogens is 1. The van der Waals surface area contributed by atoms with Gasteiger partial charge in [0.25, 0.3) is 5.56 Å². The van der Waals surface area contributed by atoms with Gasteiger partial charge in [-0.25, -0.2) is 8.42 Å². The first-order chi connectivity index (χ1) is 15.0. The number of rotatable bonds is 6. The maximum Gasteiger partial charge on any atom is 0.255 e. The monoisotopic (exact) mass is 449 g/mol. The summed E-state index contributed by atoms with van der Waals surface area (Å²) < 4.78 is 25.2. The normalized spacial score (nSPS) is 11.7. The highest BCUT2D eigenvalue weighted by Crippen LogP contribution is 2.32. The summed E-state index contributed by atoms with van der Waals surface area (Å²) in [6.45, 7) is 6.31. The molecular formula is C25H27N3O3S. The van der Waals surface area contributed by atoms with E-state index in [9.17, 15) is 18.5 Å². The first-order valence-electron chi connectivity index (χ1n) is 10.3. The SMILES string of the molecule is CC(C)(C)c1cc(CCc2ccc(NS(C)(=O)=O)cc2)c(C#N)c(-c2ccc[nH]c2=O)c1. The van der Waals surface area contributed by atoms with E-state index in [4.69, 9.17) is 0 Å². The molecule has 2 N–H and O–H groups in total. The predicted octanol–water partition coefficient (Wildman–Crippen LogP) is 4.37. The molecule has 0 amide bonds. The molecule has 0 spiro atoms. The summed E-state index contributed by atoms with van der Waals surface area (Å²) in [5.41, 5.74) is 4.71. The van der Waals surface area contributed by atoms with Crippen LogP contribution in [0.2, 0.25) is 0 Å². The molecule has 0 atom stereocenters. The van der Waals surface area contributed by atoms with Crippen LogP contribution in [0, 0.1) is 11.3 Å². The number of nitrogens with zero attached hydrogens (tertiary/aromatic N) is 1. The maximum absolute atomic E-state index is 12.5. The molecule has 32 heavy (non-hydrogen) atoms. The van der Waals surface area contributed by atoms with Crippen LogP contribution < -0.4 is 10.3 Å². The van der Waals surface area contributed by atoms with E-state index in [2.05, 4.69) is 42.6 Å². The minimum atomic E-state index is -3.32. The third-order valence-corrected chi connectivity index (χ3v) is 5.85. The van der Waals surface area contributed by atoms with Gasteiger partial charge in [-0.2, -0.15) is 5.26 Å². The first-order valence-corrected chi connectivity index (χ1v) is 12.2. The molecule has 0 radical (unpaired) electrons. The second-order valence-corrected chi connectivity index (χ2v) is 10.7. The van der Waals surface area contributed by atoms with Gasteiger partial charge in [-0.15, -0.1) is 0 Å². The van der Waals surface area contributed by atoms with Gasteiger partial charge in [-0.1, -0.05) is 39.0 Å². The van der Waals surface area contributed by atoms with Crippen LogP contribution >= 0.6 is 0 Å². The lowest BCUT2D eigenvalue weighted by Crippen LogP contribution is -2.15. The van der Waals surface area contributed by atoms with Crippen molar-refractivity contribution in [3.63, 3.8) is 0 Å². The average Bonchev–Trinajstić information content (AvgIpc) is 2.71. The number of aromatic amines is 1.